The van der Waals surface area contributed by atoms with Crippen LogP contribution in [0.4, 0.5) is 0 Å². The fourth-order valence-electron chi connectivity index (χ4n) is 9.37. The second kappa shape index (κ2) is 16.9. The van der Waals surface area contributed by atoms with E-state index >= 15 is 0 Å². The highest BCUT2D eigenvalue weighted by Crippen LogP contribution is 2.48. The molecule has 4 saturated carbocycles. The first kappa shape index (κ1) is 40.3. The summed E-state index contributed by atoms with van der Waals surface area (Å²) in [5.74, 6) is 0.815. The fourth-order valence-corrected chi connectivity index (χ4v) is 15.8. The zero-order valence-electron chi connectivity index (χ0n) is 26.9. The van der Waals surface area contributed by atoms with E-state index in [9.17, 15) is 51.9 Å². The highest BCUT2D eigenvalue weighted by molar-refractivity contribution is 7.87. The molecule has 4 N–H and O–H groups in total. The van der Waals surface area contributed by atoms with Crippen molar-refractivity contribution in [2.24, 2.45) is 35.5 Å². The van der Waals surface area contributed by atoms with Crippen LogP contribution < -0.4 is 0 Å². The van der Waals surface area contributed by atoms with E-state index in [1.54, 1.807) is 0 Å². The maximum absolute atomic E-state index is 11.8. The predicted octanol–water partition coefficient (Wildman–Crippen LogP) is 4.97. The Morgan fingerprint density at radius 1 is 0.426 bits per heavy atom. The Bertz CT molecular complexity index is 1260. The minimum absolute atomic E-state index is 0.117. The average Bonchev–Trinajstić information content (AvgIpc) is 3.77. The van der Waals surface area contributed by atoms with Crippen molar-refractivity contribution in [3.63, 3.8) is 0 Å². The summed E-state index contributed by atoms with van der Waals surface area (Å²) in [6.07, 6.45) is 13.0. The summed E-state index contributed by atoms with van der Waals surface area (Å²) in [7, 11) is -14.9. The van der Waals surface area contributed by atoms with Gasteiger partial charge in [-0.25, -0.2) is 0 Å². The molecule has 4 aliphatic rings. The molecule has 4 aliphatic carbocycles. The summed E-state index contributed by atoms with van der Waals surface area (Å²) in [6.45, 7) is 0. The van der Waals surface area contributed by atoms with Crippen LogP contribution in [0.2, 0.25) is 0 Å². The van der Waals surface area contributed by atoms with Crippen LogP contribution in [0.25, 0.3) is 0 Å². The lowest BCUT2D eigenvalue weighted by molar-refractivity contribution is 0.224. The van der Waals surface area contributed by atoms with Crippen molar-refractivity contribution in [2.75, 3.05) is 24.6 Å². The van der Waals surface area contributed by atoms with E-state index in [1.807, 2.05) is 0 Å². The lowest BCUT2D eigenvalue weighted by atomic mass is 9.78. The molecule has 0 saturated heterocycles. The molecule has 18 heteroatoms. The Morgan fingerprint density at radius 3 is 0.894 bits per heavy atom. The van der Waals surface area contributed by atoms with Crippen LogP contribution >= 0.6 is 17.2 Å². The van der Waals surface area contributed by atoms with Crippen LogP contribution in [-0.2, 0) is 40.5 Å². The molecule has 0 aromatic heterocycles. The van der Waals surface area contributed by atoms with Crippen molar-refractivity contribution >= 4 is 57.6 Å². The number of hydrogen-bond donors (Lipinski definition) is 4. The third-order valence-corrected chi connectivity index (χ3v) is 19.6. The van der Waals surface area contributed by atoms with Crippen LogP contribution in [0, 0.1) is 35.5 Å². The van der Waals surface area contributed by atoms with Gasteiger partial charge in [0.2, 0.25) is 0 Å². The van der Waals surface area contributed by atoms with E-state index in [1.165, 1.54) is 0 Å². The highest BCUT2D eigenvalue weighted by Gasteiger charge is 2.45. The molecule has 0 heterocycles. The van der Waals surface area contributed by atoms with E-state index in [0.717, 1.165) is 61.1 Å². The third kappa shape index (κ3) is 11.8. The molecule has 4 fully saturated rings. The predicted molar refractivity (Wildman–Crippen MR) is 188 cm³/mol. The van der Waals surface area contributed by atoms with Gasteiger partial charge in [-0.3, -0.25) is 18.2 Å². The largest absolute Gasteiger partial charge is 0.285 e. The van der Waals surface area contributed by atoms with Gasteiger partial charge in [-0.15, -0.1) is 17.2 Å². The molecule has 47 heavy (non-hydrogen) atoms. The van der Waals surface area contributed by atoms with Crippen LogP contribution in [0.15, 0.2) is 0 Å². The first-order valence-electron chi connectivity index (χ1n) is 17.1. The first-order chi connectivity index (χ1) is 21.8. The zero-order valence-corrected chi connectivity index (χ0v) is 32.2. The molecule has 0 amide bonds. The van der Waals surface area contributed by atoms with E-state index in [-0.39, 0.29) is 35.5 Å². The quantitative estimate of drug-likeness (QED) is 0.0823. The lowest BCUT2D eigenvalue weighted by Gasteiger charge is -2.30. The number of rotatable bonds is 18. The smallest absolute Gasteiger partial charge is 0.267 e. The SMILES string of the molecule is O=S(=O)(O)C1CCC(C(CCPCCCPCCC(C2CCC(S(=O)(=O)O)C2)C2CCC(S(=O)(=O)O)C2)C2CCC(S(=O)(=O)O)C2)C1. The van der Waals surface area contributed by atoms with Crippen LogP contribution in [0.3, 0.4) is 0 Å². The van der Waals surface area contributed by atoms with Gasteiger partial charge in [0.15, 0.2) is 0 Å². The van der Waals surface area contributed by atoms with Gasteiger partial charge in [0.25, 0.3) is 40.5 Å². The molecule has 10 unspecified atom stereocenters. The summed E-state index contributed by atoms with van der Waals surface area (Å²) in [6, 6.07) is 0. The Morgan fingerprint density at radius 2 is 0.681 bits per heavy atom. The molecule has 0 aliphatic heterocycles. The Labute approximate surface area is 285 Å². The minimum atomic E-state index is -4.10. The summed E-state index contributed by atoms with van der Waals surface area (Å²) in [5, 5.41) is -3.03. The average molecular weight is 785 g/mol. The highest BCUT2D eigenvalue weighted by atomic mass is 32.2. The molecular formula is C29H54O12P2S4. The molecule has 0 spiro atoms. The van der Waals surface area contributed by atoms with E-state index < -0.39 is 61.5 Å². The normalized spacial score (nSPS) is 34.3. The van der Waals surface area contributed by atoms with Crippen molar-refractivity contribution in [2.45, 2.75) is 117 Å². The van der Waals surface area contributed by atoms with Crippen molar-refractivity contribution in [1.82, 2.24) is 0 Å². The van der Waals surface area contributed by atoms with Gasteiger partial charge in [-0.2, -0.15) is 33.7 Å². The molecule has 0 aromatic rings. The molecule has 0 bridgehead atoms. The van der Waals surface area contributed by atoms with Gasteiger partial charge in [0.05, 0.1) is 21.0 Å². The van der Waals surface area contributed by atoms with Gasteiger partial charge in [0, 0.05) is 0 Å². The Kier molecular flexibility index (Phi) is 14.5. The Hall–Kier alpha value is 0.500. The van der Waals surface area contributed by atoms with E-state index in [4.69, 9.17) is 0 Å². The third-order valence-electron chi connectivity index (χ3n) is 11.8. The monoisotopic (exact) mass is 784 g/mol. The van der Waals surface area contributed by atoms with Gasteiger partial charge < -0.3 is 0 Å². The van der Waals surface area contributed by atoms with Gasteiger partial charge >= 0.3 is 0 Å². The maximum atomic E-state index is 11.8. The molecule has 0 radical (unpaired) electrons. The van der Waals surface area contributed by atoms with Gasteiger partial charge in [0.1, 0.15) is 0 Å². The second-order valence-corrected chi connectivity index (χ2v) is 24.4. The molecular weight excluding hydrogens is 731 g/mol. The summed E-state index contributed by atoms with van der Waals surface area (Å²) in [4.78, 5) is 0. The van der Waals surface area contributed by atoms with Crippen molar-refractivity contribution in [1.29, 1.82) is 0 Å². The number of hydrogen-bond acceptors (Lipinski definition) is 8. The standard InChI is InChI=1S/C29H54O12P2S4/c30-44(31,32)24-6-2-20(16-24)28(21-3-7-25(17-21)45(33,34)35)10-14-42-12-1-13-43-15-11-29(22-4-8-26(18-22)46(36,37)38)23-5-9-27(19-23)47(39,40)41/h20-29,42-43H,1-19H2,(H,30,31,32)(H,33,34,35)(H,36,37,38)(H,39,40,41). The molecule has 10 atom stereocenters. The molecule has 276 valence electrons. The summed E-state index contributed by atoms with van der Waals surface area (Å²) < 4.78 is 132. The maximum Gasteiger partial charge on any atom is 0.267 e. The van der Waals surface area contributed by atoms with Crippen molar-refractivity contribution in [3.05, 3.63) is 0 Å². The van der Waals surface area contributed by atoms with Gasteiger partial charge in [-0.05, 0) is 156 Å². The van der Waals surface area contributed by atoms with Crippen molar-refractivity contribution < 1.29 is 51.9 Å². The van der Waals surface area contributed by atoms with Gasteiger partial charge in [-0.1, -0.05) is 0 Å². The summed E-state index contributed by atoms with van der Waals surface area (Å²) >= 11 is 0. The molecule has 4 rings (SSSR count). The Balaban J connectivity index is 1.21. The fraction of sp³-hybridized carbons (Fsp3) is 1.00. The second-order valence-electron chi connectivity index (χ2n) is 14.6. The van der Waals surface area contributed by atoms with Crippen molar-refractivity contribution in [3.8, 4) is 0 Å². The van der Waals surface area contributed by atoms with Crippen LogP contribution in [0.5, 0.6) is 0 Å². The van der Waals surface area contributed by atoms with E-state index in [2.05, 4.69) is 0 Å². The topological polar surface area (TPSA) is 217 Å². The zero-order chi connectivity index (χ0) is 34.6. The minimum Gasteiger partial charge on any atom is -0.285 e. The van der Waals surface area contributed by atoms with Crippen LogP contribution in [0.1, 0.15) is 96.3 Å². The summed E-state index contributed by atoms with van der Waals surface area (Å²) in [5.41, 5.74) is 0. The molecule has 12 nitrogen and oxygen atoms in total. The van der Waals surface area contributed by atoms with Crippen LogP contribution in [-0.4, -0.2) is 97.5 Å². The first-order valence-corrected chi connectivity index (χ1v) is 25.9. The van der Waals surface area contributed by atoms with E-state index in [0.29, 0.717) is 77.0 Å². The lowest BCUT2D eigenvalue weighted by Crippen LogP contribution is -2.25. The molecule has 0 aromatic carbocycles.